The van der Waals surface area contributed by atoms with E-state index in [2.05, 4.69) is 31.4 Å². The van der Waals surface area contributed by atoms with Crippen molar-refractivity contribution in [2.24, 2.45) is 5.10 Å². The van der Waals surface area contributed by atoms with Gasteiger partial charge in [-0.2, -0.15) is 5.10 Å². The van der Waals surface area contributed by atoms with Crippen LogP contribution in [0.2, 0.25) is 0 Å². The highest BCUT2D eigenvalue weighted by atomic mass is 79.9. The molecule has 1 heterocycles. The minimum absolute atomic E-state index is 0.685. The van der Waals surface area contributed by atoms with E-state index < -0.39 is 0 Å². The Morgan fingerprint density at radius 3 is 2.88 bits per heavy atom. The standard InChI is InChI=1S/C12H16BrN3/c13-11-7-4-8-14-12(11)9-15-16-10-5-2-1-3-6-10/h4,7-8,15H,1-3,5-6,9H2. The minimum atomic E-state index is 0.685. The molecule has 1 N–H and O–H groups in total. The van der Waals surface area contributed by atoms with Gasteiger partial charge in [-0.25, -0.2) is 0 Å². The van der Waals surface area contributed by atoms with Crippen molar-refractivity contribution in [3.63, 3.8) is 0 Å². The smallest absolute Gasteiger partial charge is 0.0763 e. The molecule has 1 aliphatic carbocycles. The summed E-state index contributed by atoms with van der Waals surface area (Å²) in [5.41, 5.74) is 5.41. The zero-order chi connectivity index (χ0) is 11.2. The summed E-state index contributed by atoms with van der Waals surface area (Å²) >= 11 is 3.47. The Morgan fingerprint density at radius 1 is 1.31 bits per heavy atom. The largest absolute Gasteiger partial charge is 0.304 e. The lowest BCUT2D eigenvalue weighted by atomic mass is 9.99. The van der Waals surface area contributed by atoms with E-state index in [9.17, 15) is 0 Å². The van der Waals surface area contributed by atoms with Gasteiger partial charge in [-0.3, -0.25) is 4.98 Å². The van der Waals surface area contributed by atoms with Crippen molar-refractivity contribution >= 4 is 21.6 Å². The van der Waals surface area contributed by atoms with Crippen LogP contribution in [0.3, 0.4) is 0 Å². The van der Waals surface area contributed by atoms with Crippen LogP contribution in [0, 0.1) is 0 Å². The zero-order valence-corrected chi connectivity index (χ0v) is 10.8. The lowest BCUT2D eigenvalue weighted by Gasteiger charge is -2.12. The summed E-state index contributed by atoms with van der Waals surface area (Å²) in [4.78, 5) is 4.28. The maximum absolute atomic E-state index is 4.43. The molecule has 1 aliphatic rings. The topological polar surface area (TPSA) is 37.3 Å². The molecule has 0 amide bonds. The number of halogens is 1. The van der Waals surface area contributed by atoms with E-state index in [1.165, 1.54) is 25.0 Å². The van der Waals surface area contributed by atoms with Crippen molar-refractivity contribution in [2.45, 2.75) is 38.6 Å². The predicted octanol–water partition coefficient (Wildman–Crippen LogP) is 3.25. The van der Waals surface area contributed by atoms with Gasteiger partial charge in [-0.15, -0.1) is 0 Å². The molecule has 3 nitrogen and oxygen atoms in total. The van der Waals surface area contributed by atoms with E-state index in [1.807, 2.05) is 12.1 Å². The SMILES string of the molecule is Brc1cccnc1CNN=C1CCCCC1. The Bertz CT molecular complexity index is 368. The molecule has 1 aromatic heterocycles. The third-order valence-corrected chi connectivity index (χ3v) is 3.47. The molecule has 1 aromatic rings. The molecule has 0 atom stereocenters. The molecule has 1 fully saturated rings. The van der Waals surface area contributed by atoms with E-state index in [0.29, 0.717) is 6.54 Å². The Labute approximate surface area is 104 Å². The summed E-state index contributed by atoms with van der Waals surface area (Å²) in [5, 5.41) is 4.43. The average Bonchev–Trinajstić information content (AvgIpc) is 2.33. The molecule has 0 unspecified atom stereocenters. The number of hydrogen-bond donors (Lipinski definition) is 1. The van der Waals surface area contributed by atoms with Gasteiger partial charge in [0.1, 0.15) is 0 Å². The number of nitrogens with zero attached hydrogens (tertiary/aromatic N) is 2. The minimum Gasteiger partial charge on any atom is -0.304 e. The van der Waals surface area contributed by atoms with Crippen LogP contribution in [-0.4, -0.2) is 10.7 Å². The van der Waals surface area contributed by atoms with Gasteiger partial charge in [0, 0.05) is 16.4 Å². The van der Waals surface area contributed by atoms with Crippen molar-refractivity contribution in [3.05, 3.63) is 28.5 Å². The van der Waals surface area contributed by atoms with E-state index in [1.54, 1.807) is 6.20 Å². The fourth-order valence-electron chi connectivity index (χ4n) is 1.85. The first-order chi connectivity index (χ1) is 7.86. The van der Waals surface area contributed by atoms with Gasteiger partial charge in [-0.1, -0.05) is 6.42 Å². The van der Waals surface area contributed by atoms with Gasteiger partial charge in [0.2, 0.25) is 0 Å². The molecule has 0 saturated heterocycles. The second-order valence-corrected chi connectivity index (χ2v) is 4.86. The lowest BCUT2D eigenvalue weighted by molar-refractivity contribution is 0.643. The summed E-state index contributed by atoms with van der Waals surface area (Å²) in [6.45, 7) is 0.685. The second-order valence-electron chi connectivity index (χ2n) is 4.01. The van der Waals surface area contributed by atoms with Gasteiger partial charge in [0.05, 0.1) is 12.2 Å². The Kier molecular flexibility index (Phi) is 4.34. The van der Waals surface area contributed by atoms with Crippen LogP contribution in [0.25, 0.3) is 0 Å². The van der Waals surface area contributed by atoms with Crippen molar-refractivity contribution in [2.75, 3.05) is 0 Å². The van der Waals surface area contributed by atoms with E-state index >= 15 is 0 Å². The van der Waals surface area contributed by atoms with Gasteiger partial charge in [0.25, 0.3) is 0 Å². The molecule has 1 saturated carbocycles. The summed E-state index contributed by atoms with van der Waals surface area (Å²) in [5.74, 6) is 0. The fraction of sp³-hybridized carbons (Fsp3) is 0.500. The summed E-state index contributed by atoms with van der Waals surface area (Å²) in [7, 11) is 0. The third kappa shape index (κ3) is 3.30. The molecular weight excluding hydrogens is 266 g/mol. The first kappa shape index (κ1) is 11.6. The van der Waals surface area contributed by atoms with Crippen molar-refractivity contribution in [3.8, 4) is 0 Å². The van der Waals surface area contributed by atoms with Crippen molar-refractivity contribution in [1.82, 2.24) is 10.4 Å². The normalized spacial score (nSPS) is 15.9. The maximum atomic E-state index is 4.43. The molecule has 0 aromatic carbocycles. The Balaban J connectivity index is 1.85. The molecular formula is C12H16BrN3. The predicted molar refractivity (Wildman–Crippen MR) is 69.3 cm³/mol. The van der Waals surface area contributed by atoms with E-state index in [4.69, 9.17) is 0 Å². The first-order valence-electron chi connectivity index (χ1n) is 5.74. The van der Waals surface area contributed by atoms with E-state index in [0.717, 1.165) is 23.0 Å². The third-order valence-electron chi connectivity index (χ3n) is 2.75. The van der Waals surface area contributed by atoms with Gasteiger partial charge in [0.15, 0.2) is 0 Å². The van der Waals surface area contributed by atoms with Gasteiger partial charge >= 0.3 is 0 Å². The Morgan fingerprint density at radius 2 is 2.12 bits per heavy atom. The Hall–Kier alpha value is -0.900. The quantitative estimate of drug-likeness (QED) is 0.864. The van der Waals surface area contributed by atoms with Gasteiger partial charge < -0.3 is 5.43 Å². The number of hydrazone groups is 1. The number of aromatic nitrogens is 1. The van der Waals surface area contributed by atoms with Crippen LogP contribution < -0.4 is 5.43 Å². The van der Waals surface area contributed by atoms with Crippen molar-refractivity contribution < 1.29 is 0 Å². The summed E-state index contributed by atoms with van der Waals surface area (Å²) in [6.07, 6.45) is 8.02. The number of rotatable bonds is 3. The molecule has 4 heteroatoms. The van der Waals surface area contributed by atoms with Crippen LogP contribution in [0.15, 0.2) is 27.9 Å². The molecule has 0 spiro atoms. The maximum Gasteiger partial charge on any atom is 0.0763 e. The zero-order valence-electron chi connectivity index (χ0n) is 9.25. The van der Waals surface area contributed by atoms with Crippen molar-refractivity contribution in [1.29, 1.82) is 0 Å². The molecule has 86 valence electrons. The van der Waals surface area contributed by atoms with Crippen LogP contribution in [0.4, 0.5) is 0 Å². The number of nitrogens with one attached hydrogen (secondary N) is 1. The highest BCUT2D eigenvalue weighted by Gasteiger charge is 2.06. The first-order valence-corrected chi connectivity index (χ1v) is 6.53. The second kappa shape index (κ2) is 5.99. The molecule has 2 rings (SSSR count). The molecule has 16 heavy (non-hydrogen) atoms. The highest BCUT2D eigenvalue weighted by molar-refractivity contribution is 9.10. The molecule has 0 bridgehead atoms. The van der Waals surface area contributed by atoms with E-state index in [-0.39, 0.29) is 0 Å². The molecule has 0 aliphatic heterocycles. The van der Waals surface area contributed by atoms with Crippen LogP contribution in [0.5, 0.6) is 0 Å². The fourth-order valence-corrected chi connectivity index (χ4v) is 2.24. The summed E-state index contributed by atoms with van der Waals surface area (Å²) < 4.78 is 1.03. The van der Waals surface area contributed by atoms with Gasteiger partial charge in [-0.05, 0) is 53.7 Å². The van der Waals surface area contributed by atoms with Crippen LogP contribution in [0.1, 0.15) is 37.8 Å². The number of pyridine rings is 1. The van der Waals surface area contributed by atoms with Crippen LogP contribution in [-0.2, 0) is 6.54 Å². The summed E-state index contributed by atoms with van der Waals surface area (Å²) in [6, 6.07) is 3.92. The monoisotopic (exact) mass is 281 g/mol. The average molecular weight is 282 g/mol. The molecule has 0 radical (unpaired) electrons. The lowest BCUT2D eigenvalue weighted by Crippen LogP contribution is -2.13. The highest BCUT2D eigenvalue weighted by Crippen LogP contribution is 2.15. The van der Waals surface area contributed by atoms with Crippen LogP contribution >= 0.6 is 15.9 Å². The number of hydrogen-bond acceptors (Lipinski definition) is 3.